The molecule has 1 saturated carbocycles. The molecule has 1 unspecified atom stereocenters. The van der Waals surface area contributed by atoms with Gasteiger partial charge in [0.2, 0.25) is 0 Å². The Hall–Kier alpha value is -1.89. The largest absolute Gasteiger partial charge is 0.480 e. The van der Waals surface area contributed by atoms with Crippen LogP contribution < -0.4 is 11.1 Å². The summed E-state index contributed by atoms with van der Waals surface area (Å²) < 4.78 is 14.6. The summed E-state index contributed by atoms with van der Waals surface area (Å²) in [5.74, 6) is -1.21. The van der Waals surface area contributed by atoms with Crippen molar-refractivity contribution >= 4 is 25.4 Å². The molecular weight excluding hydrogens is 402 g/mol. The third-order valence-corrected chi connectivity index (χ3v) is 6.52. The van der Waals surface area contributed by atoms with Gasteiger partial charge in [-0.05, 0) is 54.5 Å². The zero-order chi connectivity index (χ0) is 21.7. The third-order valence-electron chi connectivity index (χ3n) is 6.27. The molecule has 4 nitrogen and oxygen atoms in total. The number of nitrogens with one attached hydrogen (secondary N) is 1. The highest BCUT2D eigenvalue weighted by atomic mass is 35.5. The maximum atomic E-state index is 14.6. The van der Waals surface area contributed by atoms with Crippen LogP contribution in [0.15, 0.2) is 42.5 Å². The van der Waals surface area contributed by atoms with Gasteiger partial charge in [-0.15, -0.1) is 0 Å². The van der Waals surface area contributed by atoms with Gasteiger partial charge < -0.3 is 16.2 Å². The maximum Gasteiger partial charge on any atom is 0.323 e. The molecule has 7 heteroatoms. The number of nitrogens with two attached hydrogens (primary N) is 1. The van der Waals surface area contributed by atoms with Crippen LogP contribution in [0.25, 0.3) is 11.1 Å². The van der Waals surface area contributed by atoms with Crippen LogP contribution in [0.4, 0.5) is 4.39 Å². The smallest absolute Gasteiger partial charge is 0.323 e. The molecule has 0 aliphatic heterocycles. The summed E-state index contributed by atoms with van der Waals surface area (Å²) in [4.78, 5) is 11.7. The number of rotatable bonds is 10. The molecule has 0 bridgehead atoms. The van der Waals surface area contributed by atoms with Crippen molar-refractivity contribution in [2.24, 2.45) is 11.7 Å². The van der Waals surface area contributed by atoms with Crippen molar-refractivity contribution in [2.45, 2.75) is 56.5 Å². The van der Waals surface area contributed by atoms with Gasteiger partial charge in [-0.3, -0.25) is 4.79 Å². The first-order valence-electron chi connectivity index (χ1n) is 10.6. The first-order chi connectivity index (χ1) is 14.3. The second kappa shape index (κ2) is 9.95. The molecular formula is C23H29BClFN2O2. The molecule has 4 N–H and O–H groups in total. The first-order valence-corrected chi connectivity index (χ1v) is 11.0. The minimum Gasteiger partial charge on any atom is -0.480 e. The fourth-order valence-corrected chi connectivity index (χ4v) is 4.25. The molecule has 0 saturated heterocycles. The number of carboxylic acids is 1. The standard InChI is InChI=1S/C23H29BClFN2O2/c24-10-2-1-9-23(27,22(29)30)18-12-20(13-18)28-14-17-4-3-16(11-21(17)26)15-5-7-19(25)8-6-15/h3-8,11,18,20,28H,1-2,9-10,12-14,24,27H2,(H,29,30)/t18-,20+,23?. The molecule has 1 aliphatic carbocycles. The topological polar surface area (TPSA) is 75.4 Å². The van der Waals surface area contributed by atoms with Crippen molar-refractivity contribution < 1.29 is 14.3 Å². The lowest BCUT2D eigenvalue weighted by Gasteiger charge is -2.45. The quantitative estimate of drug-likeness (QED) is 0.393. The average molecular weight is 431 g/mol. The van der Waals surface area contributed by atoms with Gasteiger partial charge in [-0.2, -0.15) is 0 Å². The van der Waals surface area contributed by atoms with Crippen LogP contribution in [0.3, 0.4) is 0 Å². The number of benzene rings is 2. The van der Waals surface area contributed by atoms with E-state index in [0.717, 1.165) is 30.3 Å². The van der Waals surface area contributed by atoms with Crippen molar-refractivity contribution in [1.82, 2.24) is 5.32 Å². The van der Waals surface area contributed by atoms with Gasteiger partial charge in [0.05, 0.1) is 0 Å². The lowest BCUT2D eigenvalue weighted by atomic mass is 9.66. The highest BCUT2D eigenvalue weighted by Gasteiger charge is 2.47. The monoisotopic (exact) mass is 430 g/mol. The second-order valence-electron chi connectivity index (χ2n) is 8.36. The molecule has 0 spiro atoms. The Balaban J connectivity index is 1.53. The molecule has 1 atom stereocenters. The van der Waals surface area contributed by atoms with Crippen LogP contribution in [0.2, 0.25) is 11.3 Å². The Labute approximate surface area is 183 Å². The van der Waals surface area contributed by atoms with Crippen molar-refractivity contribution in [1.29, 1.82) is 0 Å². The van der Waals surface area contributed by atoms with E-state index in [-0.39, 0.29) is 17.8 Å². The van der Waals surface area contributed by atoms with Crippen molar-refractivity contribution in [3.63, 3.8) is 0 Å². The van der Waals surface area contributed by atoms with Gasteiger partial charge in [0.25, 0.3) is 0 Å². The fourth-order valence-electron chi connectivity index (χ4n) is 4.13. The highest BCUT2D eigenvalue weighted by molar-refractivity contribution is 6.30. The van der Waals surface area contributed by atoms with E-state index in [4.69, 9.17) is 17.3 Å². The van der Waals surface area contributed by atoms with E-state index in [1.807, 2.05) is 18.2 Å². The van der Waals surface area contributed by atoms with Crippen LogP contribution in [0, 0.1) is 11.7 Å². The van der Waals surface area contributed by atoms with Gasteiger partial charge in [0.15, 0.2) is 0 Å². The van der Waals surface area contributed by atoms with Crippen molar-refractivity contribution in [2.75, 3.05) is 0 Å². The number of unbranched alkanes of at least 4 members (excludes halogenated alkanes) is 1. The molecule has 1 fully saturated rings. The third kappa shape index (κ3) is 5.23. The molecule has 3 rings (SSSR count). The SMILES string of the molecule is BCCCCC(N)(C(=O)O)[C@H]1C[C@@H](NCc2ccc(-c3ccc(Cl)cc3)cc2F)C1. The molecule has 1 aliphatic rings. The van der Waals surface area contributed by atoms with E-state index < -0.39 is 11.5 Å². The Morgan fingerprint density at radius 1 is 1.20 bits per heavy atom. The average Bonchev–Trinajstić information content (AvgIpc) is 2.68. The second-order valence-corrected chi connectivity index (χ2v) is 8.80. The number of carbonyl (C=O) groups is 1. The Bertz CT molecular complexity index is 874. The van der Waals surface area contributed by atoms with Gasteiger partial charge in [-0.25, -0.2) is 4.39 Å². The van der Waals surface area contributed by atoms with Crippen LogP contribution in [-0.2, 0) is 11.3 Å². The summed E-state index contributed by atoms with van der Waals surface area (Å²) in [5, 5.41) is 13.6. The minimum absolute atomic E-state index is 0.0403. The summed E-state index contributed by atoms with van der Waals surface area (Å²) in [7, 11) is 2.09. The van der Waals surface area contributed by atoms with E-state index in [1.54, 1.807) is 18.2 Å². The summed E-state index contributed by atoms with van der Waals surface area (Å²) in [6.07, 6.45) is 4.78. The van der Waals surface area contributed by atoms with E-state index in [9.17, 15) is 14.3 Å². The molecule has 30 heavy (non-hydrogen) atoms. The Morgan fingerprint density at radius 2 is 1.87 bits per heavy atom. The zero-order valence-corrected chi connectivity index (χ0v) is 18.1. The molecule has 0 amide bonds. The number of aliphatic carboxylic acids is 1. The number of halogens is 2. The normalized spacial score (nSPS) is 20.4. The van der Waals surface area contributed by atoms with Gasteiger partial charge >= 0.3 is 5.97 Å². The summed E-state index contributed by atoms with van der Waals surface area (Å²) >= 11 is 5.91. The summed E-state index contributed by atoms with van der Waals surface area (Å²) in [5.41, 5.74) is 7.42. The van der Waals surface area contributed by atoms with E-state index in [2.05, 4.69) is 13.2 Å². The molecule has 0 heterocycles. The van der Waals surface area contributed by atoms with Crippen LogP contribution in [0.5, 0.6) is 0 Å². The Kier molecular flexibility index (Phi) is 7.56. The predicted molar refractivity (Wildman–Crippen MR) is 122 cm³/mol. The molecule has 0 aromatic heterocycles. The van der Waals surface area contributed by atoms with Gasteiger partial charge in [0.1, 0.15) is 19.2 Å². The number of carboxylic acid groups (broad SMARTS) is 1. The summed E-state index contributed by atoms with van der Waals surface area (Å²) in [6, 6.07) is 12.7. The Morgan fingerprint density at radius 3 is 2.47 bits per heavy atom. The fraction of sp³-hybridized carbons (Fsp3) is 0.435. The van der Waals surface area contributed by atoms with Gasteiger partial charge in [0, 0.05) is 23.2 Å². The number of hydrogen-bond donors (Lipinski definition) is 3. The van der Waals surface area contributed by atoms with E-state index >= 15 is 0 Å². The van der Waals surface area contributed by atoms with Crippen LogP contribution in [-0.4, -0.2) is 30.5 Å². The van der Waals surface area contributed by atoms with Crippen molar-refractivity contribution in [3.8, 4) is 11.1 Å². The lowest BCUT2D eigenvalue weighted by Crippen LogP contribution is -2.61. The van der Waals surface area contributed by atoms with E-state index in [0.29, 0.717) is 36.4 Å². The molecule has 160 valence electrons. The maximum absolute atomic E-state index is 14.6. The predicted octanol–water partition coefficient (Wildman–Crippen LogP) is 4.02. The molecule has 0 radical (unpaired) electrons. The highest BCUT2D eigenvalue weighted by Crippen LogP contribution is 2.38. The minimum atomic E-state index is -1.15. The molecule has 2 aromatic carbocycles. The lowest BCUT2D eigenvalue weighted by molar-refractivity contribution is -0.148. The summed E-state index contributed by atoms with van der Waals surface area (Å²) in [6.45, 7) is 0.407. The van der Waals surface area contributed by atoms with Crippen LogP contribution in [0.1, 0.15) is 37.7 Å². The van der Waals surface area contributed by atoms with Crippen molar-refractivity contribution in [3.05, 3.63) is 58.9 Å². The van der Waals surface area contributed by atoms with Crippen LogP contribution >= 0.6 is 11.6 Å². The first kappa shape index (κ1) is 22.8. The number of hydrogen-bond acceptors (Lipinski definition) is 3. The van der Waals surface area contributed by atoms with Gasteiger partial charge in [-0.1, -0.05) is 55.0 Å². The zero-order valence-electron chi connectivity index (χ0n) is 17.3. The van der Waals surface area contributed by atoms with E-state index in [1.165, 1.54) is 6.07 Å². The molecule has 2 aromatic rings.